The predicted octanol–water partition coefficient (Wildman–Crippen LogP) is 2.94. The van der Waals surface area contributed by atoms with Crippen molar-refractivity contribution < 1.29 is 14.3 Å². The zero-order valence-electron chi connectivity index (χ0n) is 14.7. The SMILES string of the molecule is N#Cc1ccccc1NC(=O)c1cnc(NCc2ccc3c(c2)OCO3)nc1. The van der Waals surface area contributed by atoms with Gasteiger partial charge in [-0.05, 0) is 29.8 Å². The lowest BCUT2D eigenvalue weighted by molar-refractivity contribution is 0.102. The van der Waals surface area contributed by atoms with Gasteiger partial charge in [0.2, 0.25) is 12.7 Å². The lowest BCUT2D eigenvalue weighted by Gasteiger charge is -2.08. The summed E-state index contributed by atoms with van der Waals surface area (Å²) in [6, 6.07) is 14.5. The number of benzene rings is 2. The lowest BCUT2D eigenvalue weighted by Crippen LogP contribution is -2.14. The van der Waals surface area contributed by atoms with Gasteiger partial charge in [0, 0.05) is 18.9 Å². The predicted molar refractivity (Wildman–Crippen MR) is 101 cm³/mol. The van der Waals surface area contributed by atoms with Crippen LogP contribution < -0.4 is 20.1 Å². The maximum Gasteiger partial charge on any atom is 0.258 e. The number of nitriles is 1. The maximum absolute atomic E-state index is 12.3. The van der Waals surface area contributed by atoms with Crippen molar-refractivity contribution in [3.8, 4) is 17.6 Å². The smallest absolute Gasteiger partial charge is 0.258 e. The summed E-state index contributed by atoms with van der Waals surface area (Å²) < 4.78 is 10.6. The van der Waals surface area contributed by atoms with Crippen molar-refractivity contribution in [2.75, 3.05) is 17.4 Å². The Kier molecular flexibility index (Phi) is 4.72. The van der Waals surface area contributed by atoms with E-state index in [1.54, 1.807) is 24.3 Å². The van der Waals surface area contributed by atoms with Crippen LogP contribution in [0.1, 0.15) is 21.5 Å². The molecule has 0 fully saturated rings. The van der Waals surface area contributed by atoms with E-state index in [2.05, 4.69) is 20.6 Å². The van der Waals surface area contributed by atoms with Gasteiger partial charge in [-0.1, -0.05) is 18.2 Å². The van der Waals surface area contributed by atoms with E-state index < -0.39 is 0 Å². The number of nitrogens with zero attached hydrogens (tertiary/aromatic N) is 3. The zero-order valence-corrected chi connectivity index (χ0v) is 14.7. The van der Waals surface area contributed by atoms with Gasteiger partial charge < -0.3 is 20.1 Å². The Labute approximate surface area is 160 Å². The van der Waals surface area contributed by atoms with Gasteiger partial charge in [0.25, 0.3) is 5.91 Å². The Bertz CT molecular complexity index is 1060. The molecule has 3 aromatic rings. The lowest BCUT2D eigenvalue weighted by atomic mass is 10.2. The number of hydrogen-bond acceptors (Lipinski definition) is 7. The number of ether oxygens (including phenoxy) is 2. The van der Waals surface area contributed by atoms with E-state index in [-0.39, 0.29) is 12.7 Å². The number of rotatable bonds is 5. The van der Waals surface area contributed by atoms with Gasteiger partial charge in [-0.3, -0.25) is 4.79 Å². The maximum atomic E-state index is 12.3. The summed E-state index contributed by atoms with van der Waals surface area (Å²) in [5.41, 5.74) is 2.11. The van der Waals surface area contributed by atoms with Crippen LogP contribution in [0.5, 0.6) is 11.5 Å². The minimum atomic E-state index is -0.384. The molecule has 2 aromatic carbocycles. The first-order valence-electron chi connectivity index (χ1n) is 8.48. The molecule has 0 unspecified atom stereocenters. The van der Waals surface area contributed by atoms with Crippen LogP contribution in [0, 0.1) is 11.3 Å². The first-order chi connectivity index (χ1) is 13.7. The molecule has 0 bridgehead atoms. The average Bonchev–Trinajstić information content (AvgIpc) is 3.21. The van der Waals surface area contributed by atoms with Gasteiger partial charge in [0.15, 0.2) is 11.5 Å². The van der Waals surface area contributed by atoms with Gasteiger partial charge in [-0.2, -0.15) is 5.26 Å². The number of fused-ring (bicyclic) bond motifs is 1. The molecule has 1 amide bonds. The van der Waals surface area contributed by atoms with Gasteiger partial charge in [-0.15, -0.1) is 0 Å². The van der Waals surface area contributed by atoms with E-state index in [1.807, 2.05) is 24.3 Å². The van der Waals surface area contributed by atoms with Crippen molar-refractivity contribution in [1.82, 2.24) is 9.97 Å². The Morgan fingerprint density at radius 1 is 1.11 bits per heavy atom. The fraction of sp³-hybridized carbons (Fsp3) is 0.100. The van der Waals surface area contributed by atoms with Crippen LogP contribution in [0.15, 0.2) is 54.9 Å². The van der Waals surface area contributed by atoms with Crippen LogP contribution >= 0.6 is 0 Å². The molecule has 0 atom stereocenters. The number of para-hydroxylation sites is 1. The largest absolute Gasteiger partial charge is 0.454 e. The molecule has 0 saturated heterocycles. The Hall–Kier alpha value is -4.12. The molecular weight excluding hydrogens is 358 g/mol. The molecular formula is C20H15N5O3. The molecule has 2 N–H and O–H groups in total. The third-order valence-corrected chi connectivity index (χ3v) is 4.10. The molecule has 0 saturated carbocycles. The molecule has 8 heteroatoms. The standard InChI is InChI=1S/C20H15N5O3/c21-8-14-3-1-2-4-16(14)25-19(26)15-10-23-20(24-11-15)22-9-13-5-6-17-18(7-13)28-12-27-17/h1-7,10-11H,9,12H2,(H,25,26)(H,22,23,24). The molecule has 1 aromatic heterocycles. The zero-order chi connectivity index (χ0) is 19.3. The van der Waals surface area contributed by atoms with Gasteiger partial charge in [0.05, 0.1) is 16.8 Å². The highest BCUT2D eigenvalue weighted by atomic mass is 16.7. The van der Waals surface area contributed by atoms with Crippen LogP contribution in [0.4, 0.5) is 11.6 Å². The monoisotopic (exact) mass is 373 g/mol. The van der Waals surface area contributed by atoms with Crippen molar-refractivity contribution in [2.24, 2.45) is 0 Å². The third-order valence-electron chi connectivity index (χ3n) is 4.10. The van der Waals surface area contributed by atoms with E-state index in [1.165, 1.54) is 12.4 Å². The molecule has 8 nitrogen and oxygen atoms in total. The van der Waals surface area contributed by atoms with E-state index in [0.717, 1.165) is 11.3 Å². The molecule has 0 spiro atoms. The quantitative estimate of drug-likeness (QED) is 0.707. The highest BCUT2D eigenvalue weighted by Crippen LogP contribution is 2.32. The van der Waals surface area contributed by atoms with Crippen LogP contribution in [-0.4, -0.2) is 22.7 Å². The second kappa shape index (κ2) is 7.63. The fourth-order valence-electron chi connectivity index (χ4n) is 2.65. The summed E-state index contributed by atoms with van der Waals surface area (Å²) >= 11 is 0. The van der Waals surface area contributed by atoms with Crippen LogP contribution in [-0.2, 0) is 6.54 Å². The number of anilines is 2. The molecule has 4 rings (SSSR count). The molecule has 2 heterocycles. The Morgan fingerprint density at radius 3 is 2.71 bits per heavy atom. The first kappa shape index (κ1) is 17.3. The van der Waals surface area contributed by atoms with E-state index in [9.17, 15) is 4.79 Å². The summed E-state index contributed by atoms with van der Waals surface area (Å²) in [5, 5.41) is 14.9. The molecule has 1 aliphatic rings. The second-order valence-electron chi connectivity index (χ2n) is 5.95. The number of carbonyl (C=O) groups is 1. The summed E-state index contributed by atoms with van der Waals surface area (Å²) in [4.78, 5) is 20.7. The fourth-order valence-corrected chi connectivity index (χ4v) is 2.65. The molecule has 0 aliphatic carbocycles. The first-order valence-corrected chi connectivity index (χ1v) is 8.48. The molecule has 0 radical (unpaired) electrons. The van der Waals surface area contributed by atoms with Crippen molar-refractivity contribution in [2.45, 2.75) is 6.54 Å². The topological polar surface area (TPSA) is 109 Å². The van der Waals surface area contributed by atoms with E-state index >= 15 is 0 Å². The number of hydrogen-bond donors (Lipinski definition) is 2. The number of amides is 1. The van der Waals surface area contributed by atoms with Crippen LogP contribution in [0.3, 0.4) is 0 Å². The molecule has 138 valence electrons. The highest BCUT2D eigenvalue weighted by Gasteiger charge is 2.13. The summed E-state index contributed by atoms with van der Waals surface area (Å²) in [6.07, 6.45) is 2.86. The second-order valence-corrected chi connectivity index (χ2v) is 5.95. The van der Waals surface area contributed by atoms with Crippen molar-refractivity contribution in [1.29, 1.82) is 5.26 Å². The van der Waals surface area contributed by atoms with Crippen molar-refractivity contribution >= 4 is 17.5 Å². The highest BCUT2D eigenvalue weighted by molar-refractivity contribution is 6.04. The van der Waals surface area contributed by atoms with Crippen molar-refractivity contribution in [3.05, 3.63) is 71.5 Å². The van der Waals surface area contributed by atoms with E-state index in [0.29, 0.717) is 35.1 Å². The number of nitrogens with one attached hydrogen (secondary N) is 2. The normalized spacial score (nSPS) is 11.5. The summed E-state index contributed by atoms with van der Waals surface area (Å²) in [5.74, 6) is 1.45. The van der Waals surface area contributed by atoms with Gasteiger partial charge in [-0.25, -0.2) is 9.97 Å². The van der Waals surface area contributed by atoms with Gasteiger partial charge >= 0.3 is 0 Å². The third kappa shape index (κ3) is 3.68. The average molecular weight is 373 g/mol. The molecule has 28 heavy (non-hydrogen) atoms. The minimum Gasteiger partial charge on any atom is -0.454 e. The number of carbonyl (C=O) groups excluding carboxylic acids is 1. The van der Waals surface area contributed by atoms with E-state index in [4.69, 9.17) is 14.7 Å². The number of aromatic nitrogens is 2. The summed E-state index contributed by atoms with van der Waals surface area (Å²) in [6.45, 7) is 0.732. The van der Waals surface area contributed by atoms with Crippen molar-refractivity contribution in [3.63, 3.8) is 0 Å². The van der Waals surface area contributed by atoms with Crippen LogP contribution in [0.2, 0.25) is 0 Å². The minimum absolute atomic E-state index is 0.234. The molecule has 1 aliphatic heterocycles. The summed E-state index contributed by atoms with van der Waals surface area (Å²) in [7, 11) is 0. The Morgan fingerprint density at radius 2 is 1.89 bits per heavy atom. The Balaban J connectivity index is 1.38. The van der Waals surface area contributed by atoms with Crippen LogP contribution in [0.25, 0.3) is 0 Å². The van der Waals surface area contributed by atoms with Gasteiger partial charge in [0.1, 0.15) is 6.07 Å².